The van der Waals surface area contributed by atoms with Gasteiger partial charge in [0.25, 0.3) is 0 Å². The number of fused-ring (bicyclic) bond motifs is 1. The highest BCUT2D eigenvalue weighted by Crippen LogP contribution is 2.37. The molecule has 0 fully saturated rings. The van der Waals surface area contributed by atoms with Crippen LogP contribution in [0.15, 0.2) is 24.3 Å². The molecule has 6 heteroatoms. The summed E-state index contributed by atoms with van der Waals surface area (Å²) in [4.78, 5) is 0.358. The van der Waals surface area contributed by atoms with Crippen molar-refractivity contribution in [1.29, 1.82) is 5.26 Å². The highest BCUT2D eigenvalue weighted by molar-refractivity contribution is 7.81. The van der Waals surface area contributed by atoms with E-state index in [4.69, 9.17) is 22.2 Å². The van der Waals surface area contributed by atoms with Crippen molar-refractivity contribution in [2.24, 2.45) is 0 Å². The standard InChI is InChI=1S/C16H16F2N2OS/c1-11-3-4-14-12(7-11)13(15(22)20-6-2-5-19)8-16(9-17,10-18)21-14/h3-4,7-8H,2,6,9-10H2,1H3,(H,20,22). The summed E-state index contributed by atoms with van der Waals surface area (Å²) in [5.41, 5.74) is 0.583. The minimum absolute atomic E-state index is 0.294. The number of halogens is 2. The Morgan fingerprint density at radius 1 is 1.41 bits per heavy atom. The molecule has 0 amide bonds. The van der Waals surface area contributed by atoms with Crippen LogP contribution in [-0.4, -0.2) is 30.5 Å². The van der Waals surface area contributed by atoms with E-state index in [-0.39, 0.29) is 0 Å². The number of aryl methyl sites for hydroxylation is 1. The van der Waals surface area contributed by atoms with E-state index in [1.807, 2.05) is 25.1 Å². The summed E-state index contributed by atoms with van der Waals surface area (Å²) in [6, 6.07) is 7.37. The number of hydrogen-bond donors (Lipinski definition) is 1. The van der Waals surface area contributed by atoms with Gasteiger partial charge in [-0.05, 0) is 25.1 Å². The lowest BCUT2D eigenvalue weighted by atomic mass is 9.92. The number of thiocarbonyl (C=S) groups is 1. The predicted molar refractivity (Wildman–Crippen MR) is 85.3 cm³/mol. The van der Waals surface area contributed by atoms with Crippen LogP contribution in [0.1, 0.15) is 17.5 Å². The van der Waals surface area contributed by atoms with Gasteiger partial charge in [0, 0.05) is 17.7 Å². The molecule has 0 aliphatic carbocycles. The SMILES string of the molecule is Cc1ccc2c(c1)C(C(=S)NCCC#N)=CC(CF)(CF)O2. The van der Waals surface area contributed by atoms with Gasteiger partial charge in [0.15, 0.2) is 5.60 Å². The first-order valence-corrected chi connectivity index (χ1v) is 7.26. The molecule has 3 nitrogen and oxygen atoms in total. The Morgan fingerprint density at radius 2 is 2.14 bits per heavy atom. The van der Waals surface area contributed by atoms with Crippen LogP contribution >= 0.6 is 12.2 Å². The molecule has 1 aliphatic heterocycles. The van der Waals surface area contributed by atoms with Crippen LogP contribution in [0.5, 0.6) is 5.75 Å². The molecule has 2 rings (SSSR count). The number of alkyl halides is 2. The average Bonchev–Trinajstić information content (AvgIpc) is 2.54. The molecule has 1 aromatic rings. The van der Waals surface area contributed by atoms with Crippen LogP contribution in [0, 0.1) is 18.3 Å². The Bertz CT molecular complexity index is 648. The van der Waals surface area contributed by atoms with Crippen molar-refractivity contribution in [2.45, 2.75) is 18.9 Å². The van der Waals surface area contributed by atoms with E-state index in [1.165, 1.54) is 6.08 Å². The van der Waals surface area contributed by atoms with Crippen molar-refractivity contribution in [2.75, 3.05) is 19.9 Å². The number of nitriles is 1. The van der Waals surface area contributed by atoms with Crippen molar-refractivity contribution in [3.8, 4) is 11.8 Å². The van der Waals surface area contributed by atoms with Gasteiger partial charge in [0.1, 0.15) is 24.1 Å². The Labute approximate surface area is 133 Å². The average molecular weight is 322 g/mol. The first-order chi connectivity index (χ1) is 10.5. The maximum absolute atomic E-state index is 13.3. The Balaban J connectivity index is 2.42. The molecular weight excluding hydrogens is 306 g/mol. The van der Waals surface area contributed by atoms with Crippen LogP contribution in [-0.2, 0) is 0 Å². The zero-order valence-electron chi connectivity index (χ0n) is 12.2. The lowest BCUT2D eigenvalue weighted by molar-refractivity contribution is 0.0595. The molecule has 116 valence electrons. The second kappa shape index (κ2) is 6.84. The van der Waals surface area contributed by atoms with Gasteiger partial charge in [-0.15, -0.1) is 0 Å². The van der Waals surface area contributed by atoms with Gasteiger partial charge in [-0.3, -0.25) is 0 Å². The third kappa shape index (κ3) is 3.25. The Kier molecular flexibility index (Phi) is 5.09. The van der Waals surface area contributed by atoms with Crippen molar-refractivity contribution in [3.63, 3.8) is 0 Å². The lowest BCUT2D eigenvalue weighted by Crippen LogP contribution is -2.42. The van der Waals surface area contributed by atoms with Gasteiger partial charge in [-0.2, -0.15) is 5.26 Å². The number of rotatable bonds is 5. The van der Waals surface area contributed by atoms with Crippen LogP contribution in [0.3, 0.4) is 0 Å². The van der Waals surface area contributed by atoms with E-state index in [1.54, 1.807) is 6.07 Å². The topological polar surface area (TPSA) is 45.0 Å². The fourth-order valence-electron chi connectivity index (χ4n) is 2.21. The number of nitrogens with one attached hydrogen (secondary N) is 1. The summed E-state index contributed by atoms with van der Waals surface area (Å²) < 4.78 is 32.2. The van der Waals surface area contributed by atoms with Crippen molar-refractivity contribution in [3.05, 3.63) is 35.4 Å². The molecule has 0 bridgehead atoms. The molecule has 0 atom stereocenters. The number of ether oxygens (including phenoxy) is 1. The van der Waals surface area contributed by atoms with Crippen LogP contribution in [0.2, 0.25) is 0 Å². The maximum atomic E-state index is 13.3. The summed E-state index contributed by atoms with van der Waals surface area (Å²) in [5.74, 6) is 0.405. The molecule has 22 heavy (non-hydrogen) atoms. The molecule has 0 unspecified atom stereocenters. The van der Waals surface area contributed by atoms with Gasteiger partial charge >= 0.3 is 0 Å². The van der Waals surface area contributed by atoms with Crippen molar-refractivity contribution in [1.82, 2.24) is 5.32 Å². The third-order valence-corrected chi connectivity index (χ3v) is 3.73. The molecule has 1 N–H and O–H groups in total. The Hall–Kier alpha value is -2.00. The zero-order chi connectivity index (χ0) is 16.2. The van der Waals surface area contributed by atoms with Gasteiger partial charge < -0.3 is 10.1 Å². The molecule has 1 aromatic carbocycles. The molecule has 1 aliphatic rings. The van der Waals surface area contributed by atoms with Crippen LogP contribution in [0.4, 0.5) is 8.78 Å². The molecule has 1 heterocycles. The Morgan fingerprint density at radius 3 is 2.77 bits per heavy atom. The number of benzene rings is 1. The fourth-order valence-corrected chi connectivity index (χ4v) is 2.49. The summed E-state index contributed by atoms with van der Waals surface area (Å²) in [6.45, 7) is 0.325. The molecule has 0 radical (unpaired) electrons. The molecular formula is C16H16F2N2OS. The first-order valence-electron chi connectivity index (χ1n) is 6.85. The highest BCUT2D eigenvalue weighted by atomic mass is 32.1. The van der Waals surface area contributed by atoms with Crippen LogP contribution in [0.25, 0.3) is 5.57 Å². The molecule has 0 aromatic heterocycles. The predicted octanol–water partition coefficient (Wildman–Crippen LogP) is 3.28. The largest absolute Gasteiger partial charge is 0.477 e. The first kappa shape index (κ1) is 16.4. The van der Waals surface area contributed by atoms with E-state index in [9.17, 15) is 8.78 Å². The van der Waals surface area contributed by atoms with Crippen molar-refractivity contribution < 1.29 is 13.5 Å². The summed E-state index contributed by atoms with van der Waals surface area (Å²) >= 11 is 5.32. The van der Waals surface area contributed by atoms with E-state index >= 15 is 0 Å². The third-order valence-electron chi connectivity index (χ3n) is 3.37. The monoisotopic (exact) mass is 322 g/mol. The highest BCUT2D eigenvalue weighted by Gasteiger charge is 2.37. The molecule has 0 saturated carbocycles. The minimum Gasteiger partial charge on any atom is -0.477 e. The molecule has 0 saturated heterocycles. The van der Waals surface area contributed by atoms with E-state index in [0.717, 1.165) is 5.56 Å². The summed E-state index contributed by atoms with van der Waals surface area (Å²) in [5, 5.41) is 11.5. The minimum atomic E-state index is -1.64. The smallest absolute Gasteiger partial charge is 0.184 e. The van der Waals surface area contributed by atoms with Gasteiger partial charge in [0.05, 0.1) is 12.5 Å². The van der Waals surface area contributed by atoms with Gasteiger partial charge in [-0.1, -0.05) is 23.8 Å². The second-order valence-electron chi connectivity index (χ2n) is 5.16. The quantitative estimate of drug-likeness (QED) is 0.667. The van der Waals surface area contributed by atoms with E-state index in [2.05, 4.69) is 5.32 Å². The zero-order valence-corrected chi connectivity index (χ0v) is 13.0. The summed E-state index contributed by atoms with van der Waals surface area (Å²) in [7, 11) is 0. The second-order valence-corrected chi connectivity index (χ2v) is 5.56. The van der Waals surface area contributed by atoms with E-state index in [0.29, 0.717) is 34.8 Å². The van der Waals surface area contributed by atoms with E-state index < -0.39 is 19.0 Å². The summed E-state index contributed by atoms with van der Waals surface area (Å²) in [6.07, 6.45) is 1.69. The normalized spacial score (nSPS) is 15.1. The lowest BCUT2D eigenvalue weighted by Gasteiger charge is -2.33. The van der Waals surface area contributed by atoms with Gasteiger partial charge in [0.2, 0.25) is 0 Å². The van der Waals surface area contributed by atoms with Crippen molar-refractivity contribution >= 4 is 22.8 Å². The van der Waals surface area contributed by atoms with Crippen LogP contribution < -0.4 is 10.1 Å². The number of nitrogens with zero attached hydrogens (tertiary/aromatic N) is 1. The van der Waals surface area contributed by atoms with Gasteiger partial charge in [-0.25, -0.2) is 8.78 Å². The number of hydrogen-bond acceptors (Lipinski definition) is 3. The fraction of sp³-hybridized carbons (Fsp3) is 0.375. The molecule has 0 spiro atoms. The maximum Gasteiger partial charge on any atom is 0.184 e.